The molecule has 0 amide bonds. The van der Waals surface area contributed by atoms with Crippen molar-refractivity contribution in [1.29, 1.82) is 0 Å². The highest BCUT2D eigenvalue weighted by molar-refractivity contribution is 5.81. The SMILES string of the molecule is CCOC1(C(=O)O)CCc2ccc(CC)cc21. The van der Waals surface area contributed by atoms with E-state index in [1.165, 1.54) is 0 Å². The summed E-state index contributed by atoms with van der Waals surface area (Å²) in [5.41, 5.74) is 2.01. The minimum Gasteiger partial charge on any atom is -0.479 e. The summed E-state index contributed by atoms with van der Waals surface area (Å²) in [4.78, 5) is 11.6. The Morgan fingerprint density at radius 3 is 2.82 bits per heavy atom. The smallest absolute Gasteiger partial charge is 0.340 e. The maximum absolute atomic E-state index is 11.6. The van der Waals surface area contributed by atoms with Gasteiger partial charge in [0.05, 0.1) is 0 Å². The molecule has 1 aliphatic carbocycles. The Bertz CT molecular complexity index is 435. The van der Waals surface area contributed by atoms with E-state index in [1.807, 2.05) is 19.1 Å². The van der Waals surface area contributed by atoms with E-state index >= 15 is 0 Å². The van der Waals surface area contributed by atoms with E-state index in [0.29, 0.717) is 13.0 Å². The zero-order valence-corrected chi connectivity index (χ0v) is 10.3. The normalized spacial score (nSPS) is 22.5. The molecule has 1 aliphatic rings. The molecule has 3 nitrogen and oxygen atoms in total. The van der Waals surface area contributed by atoms with Gasteiger partial charge in [-0.05, 0) is 42.9 Å². The summed E-state index contributed by atoms with van der Waals surface area (Å²) >= 11 is 0. The summed E-state index contributed by atoms with van der Waals surface area (Å²) in [6.07, 6.45) is 2.24. The summed E-state index contributed by atoms with van der Waals surface area (Å²) in [5.74, 6) is -0.869. The molecule has 0 aromatic heterocycles. The summed E-state index contributed by atoms with van der Waals surface area (Å²) in [6.45, 7) is 4.33. The third-order valence-electron chi connectivity index (χ3n) is 3.50. The van der Waals surface area contributed by atoms with Crippen LogP contribution >= 0.6 is 0 Å². The number of aryl methyl sites for hydroxylation is 2. The number of carboxylic acids is 1. The second kappa shape index (κ2) is 4.49. The molecular formula is C14H18O3. The minimum atomic E-state index is -1.12. The van der Waals surface area contributed by atoms with E-state index in [9.17, 15) is 9.90 Å². The molecule has 3 heteroatoms. The van der Waals surface area contributed by atoms with E-state index in [4.69, 9.17) is 4.74 Å². The molecule has 0 heterocycles. The van der Waals surface area contributed by atoms with E-state index in [-0.39, 0.29) is 0 Å². The maximum atomic E-state index is 11.6. The zero-order chi connectivity index (χ0) is 12.5. The van der Waals surface area contributed by atoms with Crippen LogP contribution < -0.4 is 0 Å². The molecule has 1 aromatic rings. The standard InChI is InChI=1S/C14H18O3/c1-3-10-5-6-11-7-8-14(13(15)16,17-4-2)12(11)9-10/h5-6,9H,3-4,7-8H2,1-2H3,(H,15,16). The molecule has 2 rings (SSSR count). The lowest BCUT2D eigenvalue weighted by molar-refractivity contribution is -0.167. The van der Waals surface area contributed by atoms with Crippen molar-refractivity contribution < 1.29 is 14.6 Å². The summed E-state index contributed by atoms with van der Waals surface area (Å²) in [6, 6.07) is 6.10. The molecule has 0 fully saturated rings. The molecule has 0 radical (unpaired) electrons. The highest BCUT2D eigenvalue weighted by Crippen LogP contribution is 2.40. The Morgan fingerprint density at radius 1 is 1.47 bits per heavy atom. The van der Waals surface area contributed by atoms with Crippen molar-refractivity contribution in [2.24, 2.45) is 0 Å². The molecule has 1 aromatic carbocycles. The van der Waals surface area contributed by atoms with Crippen LogP contribution in [0.2, 0.25) is 0 Å². The lowest BCUT2D eigenvalue weighted by atomic mass is 9.93. The number of carbonyl (C=O) groups is 1. The topological polar surface area (TPSA) is 46.5 Å². The molecule has 1 atom stereocenters. The number of hydrogen-bond acceptors (Lipinski definition) is 2. The lowest BCUT2D eigenvalue weighted by Crippen LogP contribution is -2.36. The van der Waals surface area contributed by atoms with Gasteiger partial charge in [-0.3, -0.25) is 0 Å². The third-order valence-corrected chi connectivity index (χ3v) is 3.50. The monoisotopic (exact) mass is 234 g/mol. The van der Waals surface area contributed by atoms with Crippen LogP contribution in [0.1, 0.15) is 37.0 Å². The molecule has 92 valence electrons. The largest absolute Gasteiger partial charge is 0.479 e. The van der Waals surface area contributed by atoms with Gasteiger partial charge >= 0.3 is 5.97 Å². The van der Waals surface area contributed by atoms with Crippen molar-refractivity contribution >= 4 is 5.97 Å². The van der Waals surface area contributed by atoms with Gasteiger partial charge in [0, 0.05) is 6.61 Å². The first kappa shape index (κ1) is 12.1. The van der Waals surface area contributed by atoms with Crippen molar-refractivity contribution in [2.45, 2.75) is 38.7 Å². The van der Waals surface area contributed by atoms with Crippen molar-refractivity contribution in [2.75, 3.05) is 6.61 Å². The minimum absolute atomic E-state index is 0.419. The molecular weight excluding hydrogens is 216 g/mol. The second-order valence-electron chi connectivity index (χ2n) is 4.41. The van der Waals surface area contributed by atoms with E-state index in [1.54, 1.807) is 0 Å². The number of hydrogen-bond donors (Lipinski definition) is 1. The van der Waals surface area contributed by atoms with Crippen LogP contribution in [0, 0.1) is 0 Å². The van der Waals surface area contributed by atoms with Gasteiger partial charge in [0.1, 0.15) is 0 Å². The summed E-state index contributed by atoms with van der Waals surface area (Å²) in [5, 5.41) is 9.48. The maximum Gasteiger partial charge on any atom is 0.340 e. The number of ether oxygens (including phenoxy) is 1. The summed E-state index contributed by atoms with van der Waals surface area (Å²) in [7, 11) is 0. The number of fused-ring (bicyclic) bond motifs is 1. The van der Waals surface area contributed by atoms with Gasteiger partial charge in [0.25, 0.3) is 0 Å². The Kier molecular flexibility index (Phi) is 3.20. The molecule has 0 saturated carbocycles. The van der Waals surface area contributed by atoms with E-state index in [0.717, 1.165) is 29.5 Å². The zero-order valence-electron chi connectivity index (χ0n) is 10.3. The predicted molar refractivity (Wildman–Crippen MR) is 65.1 cm³/mol. The molecule has 1 unspecified atom stereocenters. The fourth-order valence-electron chi connectivity index (χ4n) is 2.56. The first-order valence-electron chi connectivity index (χ1n) is 6.13. The lowest BCUT2D eigenvalue weighted by Gasteiger charge is -2.25. The van der Waals surface area contributed by atoms with Crippen LogP contribution in [0.15, 0.2) is 18.2 Å². The Hall–Kier alpha value is -1.35. The van der Waals surface area contributed by atoms with Crippen LogP contribution in [0.4, 0.5) is 0 Å². The Morgan fingerprint density at radius 2 is 2.24 bits per heavy atom. The van der Waals surface area contributed by atoms with Crippen LogP contribution in [-0.4, -0.2) is 17.7 Å². The molecule has 0 spiro atoms. The van der Waals surface area contributed by atoms with E-state index < -0.39 is 11.6 Å². The average Bonchev–Trinajstić information content (AvgIpc) is 2.69. The fraction of sp³-hybridized carbons (Fsp3) is 0.500. The second-order valence-corrected chi connectivity index (χ2v) is 4.41. The van der Waals surface area contributed by atoms with Crippen molar-refractivity contribution in [3.63, 3.8) is 0 Å². The average molecular weight is 234 g/mol. The van der Waals surface area contributed by atoms with Crippen LogP contribution in [0.25, 0.3) is 0 Å². The number of carboxylic acid groups (broad SMARTS) is 1. The van der Waals surface area contributed by atoms with Crippen LogP contribution in [0.3, 0.4) is 0 Å². The molecule has 0 saturated heterocycles. The van der Waals surface area contributed by atoms with Gasteiger partial charge in [-0.25, -0.2) is 4.79 Å². The van der Waals surface area contributed by atoms with E-state index in [2.05, 4.69) is 13.0 Å². The van der Waals surface area contributed by atoms with Gasteiger partial charge in [0.2, 0.25) is 0 Å². The third kappa shape index (κ3) is 1.84. The van der Waals surface area contributed by atoms with Crippen molar-refractivity contribution in [3.05, 3.63) is 34.9 Å². The summed E-state index contributed by atoms with van der Waals surface area (Å²) < 4.78 is 5.58. The van der Waals surface area contributed by atoms with Crippen LogP contribution in [-0.2, 0) is 28.0 Å². The molecule has 0 aliphatic heterocycles. The molecule has 1 N–H and O–H groups in total. The highest BCUT2D eigenvalue weighted by atomic mass is 16.5. The van der Waals surface area contributed by atoms with Crippen LogP contribution in [0.5, 0.6) is 0 Å². The fourth-order valence-corrected chi connectivity index (χ4v) is 2.56. The van der Waals surface area contributed by atoms with Gasteiger partial charge in [-0.2, -0.15) is 0 Å². The number of rotatable bonds is 4. The first-order chi connectivity index (χ1) is 8.14. The van der Waals surface area contributed by atoms with Crippen molar-refractivity contribution in [1.82, 2.24) is 0 Å². The van der Waals surface area contributed by atoms with Crippen molar-refractivity contribution in [3.8, 4) is 0 Å². The first-order valence-corrected chi connectivity index (χ1v) is 6.13. The van der Waals surface area contributed by atoms with Gasteiger partial charge in [-0.1, -0.05) is 25.1 Å². The highest BCUT2D eigenvalue weighted by Gasteiger charge is 2.46. The Labute approximate surface area is 101 Å². The van der Waals surface area contributed by atoms with Gasteiger partial charge in [0.15, 0.2) is 5.60 Å². The number of benzene rings is 1. The van der Waals surface area contributed by atoms with Gasteiger partial charge in [-0.15, -0.1) is 0 Å². The van der Waals surface area contributed by atoms with Gasteiger partial charge < -0.3 is 9.84 Å². The quantitative estimate of drug-likeness (QED) is 0.870. The number of aliphatic carboxylic acids is 1. The molecule has 17 heavy (non-hydrogen) atoms. The Balaban J connectivity index is 2.51. The predicted octanol–water partition coefficient (Wildman–Crippen LogP) is 2.51. The molecule has 0 bridgehead atoms.